The minimum Gasteiger partial charge on any atom is -0.778 e. The Hall–Kier alpha value is -0.208. The van der Waals surface area contributed by atoms with Gasteiger partial charge in [-0.1, -0.05) is 307 Å². The Balaban J connectivity index is -0.00000148. The number of rotatable bonds is 66. The zero-order valence-corrected chi connectivity index (χ0v) is 57.9. The molecule has 0 spiro atoms. The van der Waals surface area contributed by atoms with Crippen molar-refractivity contribution >= 4 is 15.2 Å². The van der Waals surface area contributed by atoms with Crippen LogP contribution in [0.3, 0.4) is 0 Å². The van der Waals surface area contributed by atoms with Gasteiger partial charge in [0.05, 0.1) is 13.2 Å². The third kappa shape index (κ3) is 79.8. The summed E-state index contributed by atoms with van der Waals surface area (Å²) in [5, 5.41) is 0. The van der Waals surface area contributed by atoms with Crippen LogP contribution in [0.1, 0.15) is 387 Å². The van der Waals surface area contributed by atoms with Gasteiger partial charge in [-0.05, 0) is 128 Å². The molecule has 0 amide bonds. The Labute approximate surface area is 519 Å². The minimum absolute atomic E-state index is 0. The molecule has 0 aromatic heterocycles. The van der Waals surface area contributed by atoms with Crippen molar-refractivity contribution in [3.05, 3.63) is 48.6 Å². The fraction of sp³-hybridized carbons (Fsp3) is 0.889. The van der Waals surface area contributed by atoms with Gasteiger partial charge in [0.25, 0.3) is 0 Å². The van der Waals surface area contributed by atoms with Crippen molar-refractivity contribution in [2.75, 3.05) is 25.5 Å². The average Bonchev–Trinajstić information content (AvgIpc) is 3.44. The van der Waals surface area contributed by atoms with Crippen LogP contribution in [0.15, 0.2) is 48.6 Å². The summed E-state index contributed by atoms with van der Waals surface area (Å²) in [7, 11) is -7.27. The fourth-order valence-electron chi connectivity index (χ4n) is 10.3. The van der Waals surface area contributed by atoms with E-state index >= 15 is 0 Å². The van der Waals surface area contributed by atoms with Crippen molar-refractivity contribution in [2.45, 2.75) is 387 Å². The van der Waals surface area contributed by atoms with Gasteiger partial charge in [-0.3, -0.25) is 0 Å². The standard InChI is InChI=1S/2C36H71O3P.Cr/c2*1-3-5-7-9-11-13-15-17-19-21-23-25-27-29-31-33-35-39-40(37,38)36-34-32-30-28-26-24-22-20-18-16-14-12-10-8-6-4-2;/h2*17-20H,3-16,21-36H2,1-2H3,(H,37,38);/q;;+2/p-2/b2*19-17-,20-18-;. The molecule has 0 aliphatic heterocycles. The van der Waals surface area contributed by atoms with Crippen LogP contribution in [-0.4, -0.2) is 25.5 Å². The molecule has 9 heteroatoms. The van der Waals surface area contributed by atoms with E-state index in [1.165, 1.54) is 295 Å². The van der Waals surface area contributed by atoms with Crippen LogP contribution in [0.25, 0.3) is 0 Å². The summed E-state index contributed by atoms with van der Waals surface area (Å²) in [5.74, 6) is 0. The largest absolute Gasteiger partial charge is 2.00 e. The van der Waals surface area contributed by atoms with Gasteiger partial charge in [-0.15, -0.1) is 0 Å². The van der Waals surface area contributed by atoms with Gasteiger partial charge in [0.15, 0.2) is 0 Å². The molecule has 480 valence electrons. The SMILES string of the molecule is CCCCCCCC/C=C\CCCCCCCCOP(=O)([O-])CCCCCCCC/C=C\CCCCCCCC.CCCCCCCC/C=C\CCCCCCCCOP(=O)([O-])CCCCCCCC/C=C\CCCCCCCC.[Cr+2]. The van der Waals surface area contributed by atoms with Crippen molar-refractivity contribution in [1.82, 2.24) is 0 Å². The van der Waals surface area contributed by atoms with E-state index in [-0.39, 0.29) is 29.7 Å². The minimum atomic E-state index is -3.64. The van der Waals surface area contributed by atoms with E-state index < -0.39 is 15.2 Å². The maximum Gasteiger partial charge on any atom is 2.00 e. The first-order valence-electron chi connectivity index (χ1n) is 35.7. The van der Waals surface area contributed by atoms with Crippen molar-refractivity contribution in [3.8, 4) is 0 Å². The third-order valence-electron chi connectivity index (χ3n) is 15.8. The van der Waals surface area contributed by atoms with Gasteiger partial charge in [-0.25, -0.2) is 0 Å². The summed E-state index contributed by atoms with van der Waals surface area (Å²) in [6.07, 6.45) is 89.0. The average molecular weight is 1220 g/mol. The van der Waals surface area contributed by atoms with E-state index in [0.29, 0.717) is 13.2 Å². The second-order valence-electron chi connectivity index (χ2n) is 24.1. The van der Waals surface area contributed by atoms with Crippen LogP contribution in [0.5, 0.6) is 0 Å². The molecule has 0 aromatic carbocycles. The van der Waals surface area contributed by atoms with Crippen LogP contribution < -0.4 is 9.79 Å². The normalized spacial score (nSPS) is 13.4. The summed E-state index contributed by atoms with van der Waals surface area (Å²) in [6.45, 7) is 9.82. The summed E-state index contributed by atoms with van der Waals surface area (Å²) in [6, 6.07) is 0. The summed E-state index contributed by atoms with van der Waals surface area (Å²) >= 11 is 0. The maximum absolute atomic E-state index is 12.1. The molecular weight excluding hydrogens is 1070 g/mol. The molecule has 0 N–H and O–H groups in total. The first kappa shape index (κ1) is 85.0. The van der Waals surface area contributed by atoms with Crippen LogP contribution in [0.2, 0.25) is 0 Å². The molecule has 0 fully saturated rings. The van der Waals surface area contributed by atoms with Gasteiger partial charge in [0, 0.05) is 12.3 Å². The predicted octanol–water partition coefficient (Wildman–Crippen LogP) is 25.3. The van der Waals surface area contributed by atoms with Crippen LogP contribution in [0.4, 0.5) is 0 Å². The van der Waals surface area contributed by atoms with Crippen LogP contribution >= 0.6 is 15.2 Å². The Morgan fingerprint density at radius 3 is 0.568 bits per heavy atom. The van der Waals surface area contributed by atoms with Crippen molar-refractivity contribution in [1.29, 1.82) is 0 Å². The van der Waals surface area contributed by atoms with Crippen LogP contribution in [-0.2, 0) is 35.5 Å². The molecule has 0 rings (SSSR count). The molecule has 0 heterocycles. The quantitative estimate of drug-likeness (QED) is 0.0342. The van der Waals surface area contributed by atoms with Gasteiger partial charge >= 0.3 is 17.4 Å². The third-order valence-corrected chi connectivity index (χ3v) is 18.7. The van der Waals surface area contributed by atoms with E-state index in [2.05, 4.69) is 76.3 Å². The molecule has 6 nitrogen and oxygen atoms in total. The van der Waals surface area contributed by atoms with Gasteiger partial charge in [-0.2, -0.15) is 0 Å². The van der Waals surface area contributed by atoms with E-state index in [1.807, 2.05) is 0 Å². The van der Waals surface area contributed by atoms with Gasteiger partial charge in [0.1, 0.15) is 15.2 Å². The molecule has 0 aliphatic rings. The molecule has 0 radical (unpaired) electrons. The van der Waals surface area contributed by atoms with E-state index in [0.717, 1.165) is 64.2 Å². The van der Waals surface area contributed by atoms with Crippen molar-refractivity contribution in [3.63, 3.8) is 0 Å². The Bertz CT molecular complexity index is 1280. The van der Waals surface area contributed by atoms with E-state index in [9.17, 15) is 18.9 Å². The molecule has 0 aliphatic carbocycles. The van der Waals surface area contributed by atoms with Crippen LogP contribution in [0, 0.1) is 0 Å². The second-order valence-corrected chi connectivity index (χ2v) is 27.9. The summed E-state index contributed by atoms with van der Waals surface area (Å²) in [5.41, 5.74) is 0. The molecule has 0 saturated carbocycles. The number of unbranched alkanes of at least 4 members (excludes halogenated alkanes) is 48. The Morgan fingerprint density at radius 2 is 0.383 bits per heavy atom. The number of hydrogen-bond donors (Lipinski definition) is 0. The predicted molar refractivity (Wildman–Crippen MR) is 355 cm³/mol. The molecule has 2 atom stereocenters. The van der Waals surface area contributed by atoms with E-state index in [1.54, 1.807) is 0 Å². The Morgan fingerprint density at radius 1 is 0.235 bits per heavy atom. The molecule has 81 heavy (non-hydrogen) atoms. The van der Waals surface area contributed by atoms with Gasteiger partial charge in [0.2, 0.25) is 0 Å². The van der Waals surface area contributed by atoms with E-state index in [4.69, 9.17) is 9.05 Å². The molecule has 2 unspecified atom stereocenters. The first-order chi connectivity index (χ1) is 39.2. The molecular formula is C72H140CrO6P2. The zero-order chi connectivity index (χ0) is 58.5. The summed E-state index contributed by atoms with van der Waals surface area (Å²) in [4.78, 5) is 24.3. The van der Waals surface area contributed by atoms with Crippen molar-refractivity contribution in [2.24, 2.45) is 0 Å². The van der Waals surface area contributed by atoms with Gasteiger partial charge < -0.3 is 28.0 Å². The fourth-order valence-corrected chi connectivity index (χ4v) is 12.6. The number of allylic oxidation sites excluding steroid dienone is 8. The number of hydrogen-bond acceptors (Lipinski definition) is 6. The maximum atomic E-state index is 12.1. The first-order valence-corrected chi connectivity index (χ1v) is 39.2. The molecule has 0 saturated heterocycles. The molecule has 0 aromatic rings. The zero-order valence-electron chi connectivity index (χ0n) is 54.8. The smallest absolute Gasteiger partial charge is 0.778 e. The molecule has 0 bridgehead atoms. The monoisotopic (exact) mass is 1210 g/mol. The van der Waals surface area contributed by atoms with Crippen molar-refractivity contribution < 1.29 is 45.3 Å². The topological polar surface area (TPSA) is 98.7 Å². The second kappa shape index (κ2) is 74.0. The summed E-state index contributed by atoms with van der Waals surface area (Å²) < 4.78 is 34.8. The Kier molecular flexibility index (Phi) is 77.7.